The predicted molar refractivity (Wildman–Crippen MR) is 98.1 cm³/mol. The minimum Gasteiger partial charge on any atom is -0.324 e. The molecule has 0 atom stereocenters. The van der Waals surface area contributed by atoms with Gasteiger partial charge < -0.3 is 5.32 Å². The van der Waals surface area contributed by atoms with Crippen molar-refractivity contribution in [2.75, 3.05) is 5.32 Å². The van der Waals surface area contributed by atoms with E-state index in [1.807, 2.05) is 50.2 Å². The van der Waals surface area contributed by atoms with Crippen molar-refractivity contribution >= 4 is 17.3 Å². The fourth-order valence-electron chi connectivity index (χ4n) is 2.57. The summed E-state index contributed by atoms with van der Waals surface area (Å²) in [7, 11) is 0. The third kappa shape index (κ3) is 3.47. The van der Waals surface area contributed by atoms with Crippen LogP contribution in [0.2, 0.25) is 0 Å². The summed E-state index contributed by atoms with van der Waals surface area (Å²) in [4.78, 5) is 19.9. The molecular weight excluding hydrogens is 316 g/mol. The van der Waals surface area contributed by atoms with Crippen LogP contribution in [-0.4, -0.2) is 14.9 Å². The molecule has 0 aliphatic heterocycles. The van der Waals surface area contributed by atoms with E-state index in [2.05, 4.69) is 15.3 Å². The molecule has 6 heteroatoms. The van der Waals surface area contributed by atoms with Gasteiger partial charge in [0.05, 0.1) is 10.6 Å². The van der Waals surface area contributed by atoms with Gasteiger partial charge >= 0.3 is 0 Å². The number of rotatable bonds is 4. The van der Waals surface area contributed by atoms with Crippen LogP contribution in [0.4, 0.5) is 17.3 Å². The number of hydrogen-bond acceptors (Lipinski definition) is 5. The number of para-hydroxylation sites is 1. The highest BCUT2D eigenvalue weighted by molar-refractivity contribution is 5.69. The maximum atomic E-state index is 11.2. The van der Waals surface area contributed by atoms with E-state index in [1.54, 1.807) is 19.1 Å². The average molecular weight is 334 g/mol. The molecule has 0 amide bonds. The normalized spacial score (nSPS) is 10.5. The van der Waals surface area contributed by atoms with E-state index in [9.17, 15) is 10.1 Å². The van der Waals surface area contributed by atoms with Crippen molar-refractivity contribution < 1.29 is 4.92 Å². The lowest BCUT2D eigenvalue weighted by molar-refractivity contribution is -0.385. The van der Waals surface area contributed by atoms with Crippen LogP contribution in [0.15, 0.2) is 48.5 Å². The highest BCUT2D eigenvalue weighted by atomic mass is 16.6. The van der Waals surface area contributed by atoms with Crippen molar-refractivity contribution in [3.05, 3.63) is 75.5 Å². The summed E-state index contributed by atoms with van der Waals surface area (Å²) in [5, 5.41) is 14.4. The summed E-state index contributed by atoms with van der Waals surface area (Å²) in [5.41, 5.74) is 4.71. The molecule has 0 radical (unpaired) electrons. The van der Waals surface area contributed by atoms with Crippen molar-refractivity contribution in [3.63, 3.8) is 0 Å². The van der Waals surface area contributed by atoms with E-state index < -0.39 is 0 Å². The molecule has 1 N–H and O–H groups in total. The summed E-state index contributed by atoms with van der Waals surface area (Å²) in [6.07, 6.45) is 0. The van der Waals surface area contributed by atoms with Crippen LogP contribution in [0, 0.1) is 30.9 Å². The Kier molecular flexibility index (Phi) is 4.43. The summed E-state index contributed by atoms with van der Waals surface area (Å²) >= 11 is 0. The summed E-state index contributed by atoms with van der Waals surface area (Å²) in [5.74, 6) is 0.465. The molecule has 3 aromatic rings. The van der Waals surface area contributed by atoms with Crippen molar-refractivity contribution in [2.24, 2.45) is 0 Å². The molecule has 0 aliphatic rings. The van der Waals surface area contributed by atoms with Gasteiger partial charge in [-0.05, 0) is 38.5 Å². The number of nitro groups is 1. The number of benzene rings is 2. The molecule has 0 bridgehead atoms. The van der Waals surface area contributed by atoms with E-state index in [-0.39, 0.29) is 10.6 Å². The van der Waals surface area contributed by atoms with Crippen LogP contribution < -0.4 is 5.32 Å². The van der Waals surface area contributed by atoms with Gasteiger partial charge in [0.2, 0.25) is 5.95 Å². The molecule has 2 aromatic carbocycles. The lowest BCUT2D eigenvalue weighted by Crippen LogP contribution is -2.03. The number of nitrogens with zero attached hydrogens (tertiary/aromatic N) is 3. The first-order chi connectivity index (χ1) is 12.0. The number of aromatic nitrogens is 2. The Morgan fingerprint density at radius 1 is 1.00 bits per heavy atom. The van der Waals surface area contributed by atoms with Gasteiger partial charge in [-0.2, -0.15) is 0 Å². The van der Waals surface area contributed by atoms with E-state index in [4.69, 9.17) is 0 Å². The molecule has 0 aliphatic carbocycles. The Morgan fingerprint density at radius 2 is 1.72 bits per heavy atom. The second kappa shape index (κ2) is 6.68. The van der Waals surface area contributed by atoms with Gasteiger partial charge in [-0.25, -0.2) is 9.97 Å². The number of nitro benzene ring substituents is 1. The monoisotopic (exact) mass is 334 g/mol. The lowest BCUT2D eigenvalue weighted by Gasteiger charge is -2.12. The second-order valence-electron chi connectivity index (χ2n) is 5.86. The topological polar surface area (TPSA) is 81.0 Å². The fraction of sp³-hybridized carbons (Fsp3) is 0.158. The van der Waals surface area contributed by atoms with Crippen LogP contribution in [0.25, 0.3) is 11.3 Å². The van der Waals surface area contributed by atoms with Gasteiger partial charge in [-0.3, -0.25) is 10.1 Å². The minimum atomic E-state index is -0.370. The first kappa shape index (κ1) is 16.6. The molecule has 0 saturated carbocycles. The van der Waals surface area contributed by atoms with Crippen LogP contribution in [0.1, 0.15) is 16.8 Å². The van der Waals surface area contributed by atoms with Crippen molar-refractivity contribution in [1.82, 2.24) is 9.97 Å². The van der Waals surface area contributed by atoms with Gasteiger partial charge in [0.15, 0.2) is 0 Å². The van der Waals surface area contributed by atoms with E-state index >= 15 is 0 Å². The molecule has 1 heterocycles. The molecule has 1 aromatic heterocycles. The number of hydrogen-bond donors (Lipinski definition) is 1. The zero-order chi connectivity index (χ0) is 18.0. The first-order valence-corrected chi connectivity index (χ1v) is 7.88. The second-order valence-corrected chi connectivity index (χ2v) is 5.86. The minimum absolute atomic E-state index is 0.0886. The molecule has 6 nitrogen and oxygen atoms in total. The highest BCUT2D eigenvalue weighted by Gasteiger charge is 2.16. The van der Waals surface area contributed by atoms with Crippen molar-refractivity contribution in [1.29, 1.82) is 0 Å². The van der Waals surface area contributed by atoms with Gasteiger partial charge in [-0.15, -0.1) is 0 Å². The fourth-order valence-corrected chi connectivity index (χ4v) is 2.57. The molecule has 3 rings (SSSR count). The highest BCUT2D eigenvalue weighted by Crippen LogP contribution is 2.29. The zero-order valence-electron chi connectivity index (χ0n) is 14.3. The van der Waals surface area contributed by atoms with E-state index in [0.29, 0.717) is 22.8 Å². The smallest absolute Gasteiger partial charge is 0.272 e. The van der Waals surface area contributed by atoms with Gasteiger partial charge in [0, 0.05) is 28.6 Å². The van der Waals surface area contributed by atoms with E-state index in [1.165, 1.54) is 0 Å². The summed E-state index contributed by atoms with van der Waals surface area (Å²) < 4.78 is 0. The summed E-state index contributed by atoms with van der Waals surface area (Å²) in [6.45, 7) is 5.55. The van der Waals surface area contributed by atoms with Gasteiger partial charge in [0.1, 0.15) is 0 Å². The standard InChI is InChI=1S/C19H18N4O2/c1-12-9-10-15(11-17(12)23(24)25)18-13(2)14(3)20-19(22-18)21-16-7-5-4-6-8-16/h4-11H,1-3H3,(H,20,21,22). The van der Waals surface area contributed by atoms with Gasteiger partial charge in [0.25, 0.3) is 5.69 Å². The molecule has 25 heavy (non-hydrogen) atoms. The average Bonchev–Trinajstić information content (AvgIpc) is 2.59. The molecule has 0 fully saturated rings. The van der Waals surface area contributed by atoms with Crippen LogP contribution in [0.3, 0.4) is 0 Å². The third-order valence-corrected chi connectivity index (χ3v) is 4.10. The molecule has 0 saturated heterocycles. The first-order valence-electron chi connectivity index (χ1n) is 7.88. The van der Waals surface area contributed by atoms with Crippen LogP contribution in [0.5, 0.6) is 0 Å². The Balaban J connectivity index is 2.07. The molecular formula is C19H18N4O2. The maximum Gasteiger partial charge on any atom is 0.272 e. The van der Waals surface area contributed by atoms with E-state index in [0.717, 1.165) is 16.9 Å². The largest absolute Gasteiger partial charge is 0.324 e. The SMILES string of the molecule is Cc1ccc(-c2nc(Nc3ccccc3)nc(C)c2C)cc1[N+](=O)[O-]. The Morgan fingerprint density at radius 3 is 2.40 bits per heavy atom. The molecule has 126 valence electrons. The Labute approximate surface area is 145 Å². The maximum absolute atomic E-state index is 11.2. The van der Waals surface area contributed by atoms with Gasteiger partial charge in [-0.1, -0.05) is 30.3 Å². The summed E-state index contributed by atoms with van der Waals surface area (Å²) in [6, 6.07) is 14.8. The van der Waals surface area contributed by atoms with Crippen molar-refractivity contribution in [2.45, 2.75) is 20.8 Å². The Bertz CT molecular complexity index is 940. The van der Waals surface area contributed by atoms with Crippen LogP contribution in [-0.2, 0) is 0 Å². The van der Waals surface area contributed by atoms with Crippen LogP contribution >= 0.6 is 0 Å². The number of aryl methyl sites for hydroxylation is 2. The quantitative estimate of drug-likeness (QED) is 0.551. The number of nitrogens with one attached hydrogen (secondary N) is 1. The lowest BCUT2D eigenvalue weighted by atomic mass is 10.0. The Hall–Kier alpha value is -3.28. The predicted octanol–water partition coefficient (Wildman–Crippen LogP) is 4.72. The third-order valence-electron chi connectivity index (χ3n) is 4.10. The molecule has 0 unspecified atom stereocenters. The molecule has 0 spiro atoms. The zero-order valence-corrected chi connectivity index (χ0v) is 14.3. The number of anilines is 2. The van der Waals surface area contributed by atoms with Crippen molar-refractivity contribution in [3.8, 4) is 11.3 Å².